The maximum absolute atomic E-state index is 12.0. The predicted molar refractivity (Wildman–Crippen MR) is 80.4 cm³/mol. The van der Waals surface area contributed by atoms with Crippen molar-refractivity contribution in [2.24, 2.45) is 0 Å². The van der Waals surface area contributed by atoms with Crippen LogP contribution in [-0.4, -0.2) is 0 Å². The second kappa shape index (κ2) is 4.67. The predicted octanol–water partition coefficient (Wildman–Crippen LogP) is 4.53. The molecule has 0 bridgehead atoms. The fourth-order valence-corrected chi connectivity index (χ4v) is 2.50. The van der Waals surface area contributed by atoms with Crippen LogP contribution in [-0.2, 0) is 0 Å². The Balaban J connectivity index is 2.29. The summed E-state index contributed by atoms with van der Waals surface area (Å²) in [5.41, 5.74) is 2.89. The van der Waals surface area contributed by atoms with E-state index in [9.17, 15) is 4.79 Å². The SMILES string of the molecule is Cc1ccc2oc(=O)c(-c3cccc(Br)c3)cc2c1. The summed E-state index contributed by atoms with van der Waals surface area (Å²) in [5, 5.41) is 0.939. The lowest BCUT2D eigenvalue weighted by molar-refractivity contribution is 0.563. The topological polar surface area (TPSA) is 30.2 Å². The van der Waals surface area contributed by atoms with Crippen LogP contribution in [0.4, 0.5) is 0 Å². The Morgan fingerprint density at radius 3 is 2.68 bits per heavy atom. The molecule has 3 rings (SSSR count). The molecular formula is C16H11BrO2. The normalized spacial score (nSPS) is 10.8. The molecule has 2 nitrogen and oxygen atoms in total. The molecule has 2 aromatic carbocycles. The molecular weight excluding hydrogens is 304 g/mol. The number of halogens is 1. The van der Waals surface area contributed by atoms with Crippen LogP contribution in [0.3, 0.4) is 0 Å². The van der Waals surface area contributed by atoms with Gasteiger partial charge >= 0.3 is 5.63 Å². The van der Waals surface area contributed by atoms with E-state index in [1.807, 2.05) is 55.5 Å². The summed E-state index contributed by atoms with van der Waals surface area (Å²) < 4.78 is 6.31. The van der Waals surface area contributed by atoms with Crippen LogP contribution < -0.4 is 5.63 Å². The smallest absolute Gasteiger partial charge is 0.344 e. The van der Waals surface area contributed by atoms with E-state index in [1.54, 1.807) is 0 Å². The number of rotatable bonds is 1. The molecule has 94 valence electrons. The number of benzene rings is 2. The average molecular weight is 315 g/mol. The number of hydrogen-bond donors (Lipinski definition) is 0. The zero-order valence-electron chi connectivity index (χ0n) is 10.3. The van der Waals surface area contributed by atoms with Crippen molar-refractivity contribution in [2.75, 3.05) is 0 Å². The van der Waals surface area contributed by atoms with Crippen molar-refractivity contribution in [3.63, 3.8) is 0 Å². The summed E-state index contributed by atoms with van der Waals surface area (Å²) in [6, 6.07) is 15.3. The van der Waals surface area contributed by atoms with E-state index in [0.29, 0.717) is 11.1 Å². The zero-order chi connectivity index (χ0) is 13.4. The fourth-order valence-electron chi connectivity index (χ4n) is 2.10. The van der Waals surface area contributed by atoms with Crippen molar-refractivity contribution in [3.8, 4) is 11.1 Å². The lowest BCUT2D eigenvalue weighted by Gasteiger charge is -2.03. The van der Waals surface area contributed by atoms with Gasteiger partial charge < -0.3 is 4.42 Å². The maximum Gasteiger partial charge on any atom is 0.344 e. The molecule has 0 amide bonds. The second-order valence-electron chi connectivity index (χ2n) is 4.50. The largest absolute Gasteiger partial charge is 0.422 e. The summed E-state index contributed by atoms with van der Waals surface area (Å²) in [6.07, 6.45) is 0. The molecule has 0 aliphatic heterocycles. The van der Waals surface area contributed by atoms with E-state index in [-0.39, 0.29) is 5.63 Å². The highest BCUT2D eigenvalue weighted by molar-refractivity contribution is 9.10. The molecule has 0 radical (unpaired) electrons. The average Bonchev–Trinajstić information content (AvgIpc) is 2.38. The Kier molecular flexibility index (Phi) is 2.99. The highest BCUT2D eigenvalue weighted by atomic mass is 79.9. The maximum atomic E-state index is 12.0. The van der Waals surface area contributed by atoms with Gasteiger partial charge in [0.05, 0.1) is 5.56 Å². The van der Waals surface area contributed by atoms with E-state index in [2.05, 4.69) is 15.9 Å². The van der Waals surface area contributed by atoms with E-state index in [0.717, 1.165) is 21.0 Å². The Bertz CT molecular complexity index is 818. The van der Waals surface area contributed by atoms with E-state index < -0.39 is 0 Å². The third kappa shape index (κ3) is 2.34. The number of hydrogen-bond acceptors (Lipinski definition) is 2. The van der Waals surface area contributed by atoms with Crippen molar-refractivity contribution in [2.45, 2.75) is 6.92 Å². The minimum absolute atomic E-state index is 0.311. The third-order valence-corrected chi connectivity index (χ3v) is 3.52. The van der Waals surface area contributed by atoms with Gasteiger partial charge in [-0.3, -0.25) is 0 Å². The Labute approximate surface area is 118 Å². The van der Waals surface area contributed by atoms with Crippen LogP contribution >= 0.6 is 15.9 Å². The minimum atomic E-state index is -0.311. The number of fused-ring (bicyclic) bond motifs is 1. The molecule has 0 aliphatic rings. The monoisotopic (exact) mass is 314 g/mol. The molecule has 0 saturated heterocycles. The number of aryl methyl sites for hydroxylation is 1. The van der Waals surface area contributed by atoms with Crippen molar-refractivity contribution in [1.29, 1.82) is 0 Å². The van der Waals surface area contributed by atoms with Gasteiger partial charge in [-0.25, -0.2) is 4.79 Å². The molecule has 0 aliphatic carbocycles. The summed E-state index contributed by atoms with van der Waals surface area (Å²) in [7, 11) is 0. The first-order chi connectivity index (χ1) is 9.13. The van der Waals surface area contributed by atoms with Crippen LogP contribution in [0, 0.1) is 6.92 Å². The summed E-state index contributed by atoms with van der Waals surface area (Å²) in [4.78, 5) is 12.0. The van der Waals surface area contributed by atoms with Gasteiger partial charge in [-0.15, -0.1) is 0 Å². The second-order valence-corrected chi connectivity index (χ2v) is 5.41. The highest BCUT2D eigenvalue weighted by Crippen LogP contribution is 2.24. The molecule has 1 aromatic heterocycles. The van der Waals surface area contributed by atoms with Gasteiger partial charge in [0.2, 0.25) is 0 Å². The van der Waals surface area contributed by atoms with E-state index in [4.69, 9.17) is 4.42 Å². The molecule has 0 spiro atoms. The standard InChI is InChI=1S/C16H11BrO2/c1-10-5-6-15-12(7-10)9-14(16(18)19-15)11-3-2-4-13(17)8-11/h2-9H,1H3. The first kappa shape index (κ1) is 12.2. The van der Waals surface area contributed by atoms with E-state index >= 15 is 0 Å². The van der Waals surface area contributed by atoms with Crippen molar-refractivity contribution in [3.05, 3.63) is 69.0 Å². The highest BCUT2D eigenvalue weighted by Gasteiger charge is 2.08. The molecule has 0 atom stereocenters. The van der Waals surface area contributed by atoms with Crippen LogP contribution in [0.1, 0.15) is 5.56 Å². The molecule has 0 saturated carbocycles. The van der Waals surface area contributed by atoms with Gasteiger partial charge in [-0.05, 0) is 42.8 Å². The molecule has 0 unspecified atom stereocenters. The minimum Gasteiger partial charge on any atom is -0.422 e. The Morgan fingerprint density at radius 2 is 1.89 bits per heavy atom. The van der Waals surface area contributed by atoms with Gasteiger partial charge in [0.25, 0.3) is 0 Å². The quantitative estimate of drug-likeness (QED) is 0.618. The lowest BCUT2D eigenvalue weighted by Crippen LogP contribution is -2.02. The van der Waals surface area contributed by atoms with Crippen LogP contribution in [0.15, 0.2) is 62.2 Å². The van der Waals surface area contributed by atoms with Crippen molar-refractivity contribution in [1.82, 2.24) is 0 Å². The van der Waals surface area contributed by atoms with Crippen molar-refractivity contribution >= 4 is 26.9 Å². The zero-order valence-corrected chi connectivity index (χ0v) is 11.9. The molecule has 0 N–H and O–H groups in total. The van der Waals surface area contributed by atoms with Crippen LogP contribution in [0.2, 0.25) is 0 Å². The van der Waals surface area contributed by atoms with Crippen LogP contribution in [0.5, 0.6) is 0 Å². The van der Waals surface area contributed by atoms with E-state index in [1.165, 1.54) is 0 Å². The van der Waals surface area contributed by atoms with Gasteiger partial charge in [0, 0.05) is 9.86 Å². The lowest BCUT2D eigenvalue weighted by atomic mass is 10.1. The molecule has 3 heteroatoms. The fraction of sp³-hybridized carbons (Fsp3) is 0.0625. The van der Waals surface area contributed by atoms with Gasteiger partial charge in [-0.2, -0.15) is 0 Å². The Hall–Kier alpha value is -1.87. The van der Waals surface area contributed by atoms with Gasteiger partial charge in [0.1, 0.15) is 5.58 Å². The summed E-state index contributed by atoms with van der Waals surface area (Å²) in [6.45, 7) is 2.02. The molecule has 1 heterocycles. The van der Waals surface area contributed by atoms with Gasteiger partial charge in [-0.1, -0.05) is 39.7 Å². The van der Waals surface area contributed by atoms with Crippen molar-refractivity contribution < 1.29 is 4.42 Å². The first-order valence-electron chi connectivity index (χ1n) is 5.94. The van der Waals surface area contributed by atoms with Crippen LogP contribution in [0.25, 0.3) is 22.1 Å². The third-order valence-electron chi connectivity index (χ3n) is 3.02. The first-order valence-corrected chi connectivity index (χ1v) is 6.73. The molecule has 0 fully saturated rings. The summed E-state index contributed by atoms with van der Waals surface area (Å²) >= 11 is 3.41. The molecule has 3 aromatic rings. The van der Waals surface area contributed by atoms with Gasteiger partial charge in [0.15, 0.2) is 0 Å². The Morgan fingerprint density at radius 1 is 1.05 bits per heavy atom. The summed E-state index contributed by atoms with van der Waals surface area (Å²) in [5.74, 6) is 0. The molecule has 19 heavy (non-hydrogen) atoms.